The number of halogens is 1. The molecule has 3 aromatic rings. The van der Waals surface area contributed by atoms with Crippen molar-refractivity contribution in [2.45, 2.75) is 37.7 Å². The van der Waals surface area contributed by atoms with Gasteiger partial charge in [-0.15, -0.1) is 0 Å². The molecule has 0 unspecified atom stereocenters. The molecule has 0 saturated carbocycles. The zero-order valence-electron chi connectivity index (χ0n) is 19.8. The Labute approximate surface area is 204 Å². The molecule has 1 aliphatic heterocycles. The van der Waals surface area contributed by atoms with Gasteiger partial charge in [-0.25, -0.2) is 14.4 Å². The molecule has 0 radical (unpaired) electrons. The molecule has 0 bridgehead atoms. The van der Waals surface area contributed by atoms with Crippen LogP contribution in [0.25, 0.3) is 0 Å². The first-order valence-corrected chi connectivity index (χ1v) is 12.5. The lowest BCUT2D eigenvalue weighted by Gasteiger charge is -2.37. The quantitative estimate of drug-likeness (QED) is 0.392. The van der Waals surface area contributed by atoms with E-state index >= 15 is 0 Å². The number of thioether (sulfide) groups is 1. The molecule has 0 aliphatic carbocycles. The second-order valence-corrected chi connectivity index (χ2v) is 9.64. The molecule has 0 spiro atoms. The third kappa shape index (κ3) is 6.05. The van der Waals surface area contributed by atoms with Crippen molar-refractivity contribution in [1.29, 1.82) is 0 Å². The zero-order valence-corrected chi connectivity index (χ0v) is 20.6. The third-order valence-electron chi connectivity index (χ3n) is 5.59. The normalized spacial score (nSPS) is 13.9. The summed E-state index contributed by atoms with van der Waals surface area (Å²) in [7, 11) is 0. The number of aromatic nitrogens is 2. The van der Waals surface area contributed by atoms with Crippen molar-refractivity contribution in [1.82, 2.24) is 15.3 Å². The minimum atomic E-state index is -0.182. The summed E-state index contributed by atoms with van der Waals surface area (Å²) >= 11 is 1.56. The van der Waals surface area contributed by atoms with Gasteiger partial charge in [0.05, 0.1) is 5.69 Å². The molecule has 1 N–H and O–H groups in total. The number of piperazine rings is 1. The summed E-state index contributed by atoms with van der Waals surface area (Å²) in [6, 6.07) is 16.7. The number of carbonyl (C=O) groups excluding carboxylic acids is 1. The predicted octanol–water partition coefficient (Wildman–Crippen LogP) is 4.68. The van der Waals surface area contributed by atoms with Crippen LogP contribution in [0.5, 0.6) is 0 Å². The van der Waals surface area contributed by atoms with Gasteiger partial charge in [0.2, 0.25) is 0 Å². The van der Waals surface area contributed by atoms with Crippen molar-refractivity contribution in [3.05, 3.63) is 77.2 Å². The van der Waals surface area contributed by atoms with Crippen LogP contribution in [0.4, 0.5) is 15.9 Å². The minimum absolute atomic E-state index is 0.0644. The zero-order chi connectivity index (χ0) is 24.1. The molecule has 1 amide bonds. The van der Waals surface area contributed by atoms with Crippen molar-refractivity contribution in [3.8, 4) is 0 Å². The minimum Gasteiger partial charge on any atom is -0.366 e. The fraction of sp³-hybridized carbons (Fsp3) is 0.346. The number of hydrogen-bond donors (Lipinski definition) is 1. The third-order valence-corrected chi connectivity index (χ3v) is 6.51. The van der Waals surface area contributed by atoms with Crippen LogP contribution in [0.1, 0.15) is 35.5 Å². The molecule has 2 heterocycles. The Bertz CT molecular complexity index is 1150. The van der Waals surface area contributed by atoms with E-state index in [-0.39, 0.29) is 17.8 Å². The highest BCUT2D eigenvalue weighted by atomic mass is 32.2. The summed E-state index contributed by atoms with van der Waals surface area (Å²) in [5, 5.41) is 3.64. The van der Waals surface area contributed by atoms with Crippen molar-refractivity contribution >= 4 is 29.2 Å². The Balaban J connectivity index is 1.39. The Kier molecular flexibility index (Phi) is 7.67. The van der Waals surface area contributed by atoms with Crippen molar-refractivity contribution in [3.63, 3.8) is 0 Å². The lowest BCUT2D eigenvalue weighted by Crippen LogP contribution is -2.47. The van der Waals surface area contributed by atoms with E-state index in [1.807, 2.05) is 63.2 Å². The standard InChI is InChI=1S/C26H30FN5OS/c1-18(2)28-25(33)21-8-6-7-20(16-21)17-34-26-29-19(3)15-24(30-26)32-13-11-31(12-14-32)23-10-5-4-9-22(23)27/h4-10,15-16,18H,11-14,17H2,1-3H3,(H,28,33). The Hall–Kier alpha value is -3.13. The molecule has 4 rings (SSSR count). The monoisotopic (exact) mass is 479 g/mol. The van der Waals surface area contributed by atoms with E-state index in [9.17, 15) is 9.18 Å². The van der Waals surface area contributed by atoms with Crippen LogP contribution in [-0.4, -0.2) is 48.1 Å². The van der Waals surface area contributed by atoms with Crippen molar-refractivity contribution in [2.24, 2.45) is 0 Å². The van der Waals surface area contributed by atoms with E-state index in [2.05, 4.69) is 20.1 Å². The number of rotatable bonds is 7. The second-order valence-electron chi connectivity index (χ2n) is 8.69. The van der Waals surface area contributed by atoms with E-state index in [1.54, 1.807) is 17.8 Å². The van der Waals surface area contributed by atoms with E-state index < -0.39 is 0 Å². The Morgan fingerprint density at radius 2 is 1.76 bits per heavy atom. The second kappa shape index (κ2) is 10.9. The van der Waals surface area contributed by atoms with Gasteiger partial charge >= 0.3 is 0 Å². The number of anilines is 2. The Morgan fingerprint density at radius 1 is 1.03 bits per heavy atom. The molecule has 1 aromatic heterocycles. The van der Waals surface area contributed by atoms with Gasteiger partial charge < -0.3 is 15.1 Å². The highest BCUT2D eigenvalue weighted by Gasteiger charge is 2.21. The highest BCUT2D eigenvalue weighted by molar-refractivity contribution is 7.98. The van der Waals surface area contributed by atoms with Crippen LogP contribution in [0.15, 0.2) is 59.8 Å². The maximum absolute atomic E-state index is 14.1. The number of hydrogen-bond acceptors (Lipinski definition) is 6. The summed E-state index contributed by atoms with van der Waals surface area (Å²) in [6.07, 6.45) is 0. The fourth-order valence-corrected chi connectivity index (χ4v) is 4.77. The maximum atomic E-state index is 14.1. The molecule has 2 aromatic carbocycles. The van der Waals surface area contributed by atoms with Gasteiger partial charge in [-0.3, -0.25) is 4.79 Å². The molecule has 1 aliphatic rings. The molecule has 1 saturated heterocycles. The van der Waals surface area contributed by atoms with Crippen LogP contribution < -0.4 is 15.1 Å². The topological polar surface area (TPSA) is 61.4 Å². The molecule has 8 heteroatoms. The molecule has 6 nitrogen and oxygen atoms in total. The predicted molar refractivity (Wildman–Crippen MR) is 136 cm³/mol. The largest absolute Gasteiger partial charge is 0.366 e. The summed E-state index contributed by atoms with van der Waals surface area (Å²) in [6.45, 7) is 8.87. The van der Waals surface area contributed by atoms with Crippen LogP contribution in [0, 0.1) is 12.7 Å². The average molecular weight is 480 g/mol. The summed E-state index contributed by atoms with van der Waals surface area (Å²) in [4.78, 5) is 26.0. The van der Waals surface area contributed by atoms with E-state index in [1.165, 1.54) is 6.07 Å². The smallest absolute Gasteiger partial charge is 0.251 e. The van der Waals surface area contributed by atoms with Crippen LogP contribution in [0.2, 0.25) is 0 Å². The summed E-state index contributed by atoms with van der Waals surface area (Å²) < 4.78 is 14.1. The van der Waals surface area contributed by atoms with Crippen molar-refractivity contribution < 1.29 is 9.18 Å². The number of nitrogens with one attached hydrogen (secondary N) is 1. The fourth-order valence-electron chi connectivity index (χ4n) is 3.93. The van der Waals surface area contributed by atoms with Gasteiger partial charge in [0.15, 0.2) is 5.16 Å². The molecule has 1 fully saturated rings. The number of carbonyl (C=O) groups is 1. The van der Waals surface area contributed by atoms with Gasteiger partial charge in [0.25, 0.3) is 5.91 Å². The summed E-state index contributed by atoms with van der Waals surface area (Å²) in [5.74, 6) is 1.32. The maximum Gasteiger partial charge on any atom is 0.251 e. The van der Waals surface area contributed by atoms with Gasteiger partial charge in [0.1, 0.15) is 11.6 Å². The van der Waals surface area contributed by atoms with E-state index in [0.29, 0.717) is 22.2 Å². The lowest BCUT2D eigenvalue weighted by molar-refractivity contribution is 0.0943. The number of nitrogens with zero attached hydrogens (tertiary/aromatic N) is 4. The first-order chi connectivity index (χ1) is 16.4. The number of para-hydroxylation sites is 1. The van der Waals surface area contributed by atoms with E-state index in [0.717, 1.165) is 43.3 Å². The van der Waals surface area contributed by atoms with Gasteiger partial charge in [-0.05, 0) is 50.6 Å². The first kappa shape index (κ1) is 24.0. The Morgan fingerprint density at radius 3 is 2.50 bits per heavy atom. The number of amides is 1. The van der Waals surface area contributed by atoms with Gasteiger partial charge in [-0.2, -0.15) is 0 Å². The van der Waals surface area contributed by atoms with E-state index in [4.69, 9.17) is 4.98 Å². The molecule has 34 heavy (non-hydrogen) atoms. The van der Waals surface area contributed by atoms with Crippen LogP contribution in [-0.2, 0) is 5.75 Å². The van der Waals surface area contributed by atoms with Gasteiger partial charge in [-0.1, -0.05) is 36.0 Å². The number of aryl methyl sites for hydroxylation is 1. The van der Waals surface area contributed by atoms with Crippen LogP contribution >= 0.6 is 11.8 Å². The highest BCUT2D eigenvalue weighted by Crippen LogP contribution is 2.25. The first-order valence-electron chi connectivity index (χ1n) is 11.5. The molecule has 178 valence electrons. The van der Waals surface area contributed by atoms with Crippen LogP contribution in [0.3, 0.4) is 0 Å². The number of benzene rings is 2. The van der Waals surface area contributed by atoms with Gasteiger partial charge in [0, 0.05) is 55.3 Å². The average Bonchev–Trinajstić information content (AvgIpc) is 2.83. The lowest BCUT2D eigenvalue weighted by atomic mass is 10.1. The molecular weight excluding hydrogens is 449 g/mol. The SMILES string of the molecule is Cc1cc(N2CCN(c3ccccc3F)CC2)nc(SCc2cccc(C(=O)NC(C)C)c2)n1. The van der Waals surface area contributed by atoms with Crippen molar-refractivity contribution in [2.75, 3.05) is 36.0 Å². The molecular formula is C26H30FN5OS. The molecule has 0 atom stereocenters. The summed E-state index contributed by atoms with van der Waals surface area (Å²) in [5.41, 5.74) is 3.27.